The van der Waals surface area contributed by atoms with Crippen LogP contribution in [-0.2, 0) is 17.8 Å². The molecule has 6 heteroatoms. The molecule has 3 heterocycles. The summed E-state index contributed by atoms with van der Waals surface area (Å²) in [6, 6.07) is 1.97. The van der Waals surface area contributed by atoms with Crippen molar-refractivity contribution < 1.29 is 4.79 Å². The Morgan fingerprint density at radius 2 is 2.22 bits per heavy atom. The summed E-state index contributed by atoms with van der Waals surface area (Å²) in [7, 11) is 0. The van der Waals surface area contributed by atoms with E-state index in [-0.39, 0.29) is 5.91 Å². The molecule has 2 aromatic rings. The molecule has 0 N–H and O–H groups in total. The fourth-order valence-corrected chi connectivity index (χ4v) is 3.11. The number of rotatable bonds is 5. The third-order valence-corrected chi connectivity index (χ3v) is 4.35. The first-order chi connectivity index (χ1) is 11.2. The third-order valence-electron chi connectivity index (χ3n) is 4.35. The zero-order valence-electron chi connectivity index (χ0n) is 13.8. The Kier molecular flexibility index (Phi) is 4.69. The van der Waals surface area contributed by atoms with Gasteiger partial charge in [-0.3, -0.25) is 19.4 Å². The SMILES string of the molecule is CCCn1nccc1-c1cnc(C[C@H]2CCN(C(C)=O)C2)cn1. The van der Waals surface area contributed by atoms with E-state index < -0.39 is 0 Å². The maximum absolute atomic E-state index is 11.4. The molecule has 23 heavy (non-hydrogen) atoms. The summed E-state index contributed by atoms with van der Waals surface area (Å²) in [5.41, 5.74) is 2.86. The van der Waals surface area contributed by atoms with Gasteiger partial charge in [-0.15, -0.1) is 0 Å². The number of aromatic nitrogens is 4. The molecule has 0 bridgehead atoms. The van der Waals surface area contributed by atoms with Gasteiger partial charge in [0, 0.05) is 39.0 Å². The maximum atomic E-state index is 11.4. The summed E-state index contributed by atoms with van der Waals surface area (Å²) in [6.45, 7) is 6.35. The monoisotopic (exact) mass is 313 g/mol. The van der Waals surface area contributed by atoms with E-state index in [1.807, 2.05) is 28.0 Å². The molecular formula is C17H23N5O. The van der Waals surface area contributed by atoms with E-state index in [9.17, 15) is 4.79 Å². The van der Waals surface area contributed by atoms with E-state index in [0.29, 0.717) is 5.92 Å². The fraction of sp³-hybridized carbons (Fsp3) is 0.529. The quantitative estimate of drug-likeness (QED) is 0.848. The zero-order chi connectivity index (χ0) is 16.2. The minimum atomic E-state index is 0.165. The van der Waals surface area contributed by atoms with E-state index in [1.165, 1.54) is 0 Å². The lowest BCUT2D eigenvalue weighted by Gasteiger charge is -2.13. The molecule has 0 aromatic carbocycles. The molecule has 6 nitrogen and oxygen atoms in total. The smallest absolute Gasteiger partial charge is 0.219 e. The van der Waals surface area contributed by atoms with Gasteiger partial charge < -0.3 is 4.90 Å². The number of carbonyl (C=O) groups excluding carboxylic acids is 1. The molecule has 1 amide bonds. The van der Waals surface area contributed by atoms with Gasteiger partial charge in [0.2, 0.25) is 5.91 Å². The van der Waals surface area contributed by atoms with Gasteiger partial charge in [-0.25, -0.2) is 0 Å². The molecule has 0 radical (unpaired) electrons. The summed E-state index contributed by atoms with van der Waals surface area (Å²) < 4.78 is 1.96. The third kappa shape index (κ3) is 3.57. The minimum absolute atomic E-state index is 0.165. The Hall–Kier alpha value is -2.24. The summed E-state index contributed by atoms with van der Waals surface area (Å²) >= 11 is 0. The Balaban J connectivity index is 1.66. The van der Waals surface area contributed by atoms with Gasteiger partial charge >= 0.3 is 0 Å². The van der Waals surface area contributed by atoms with Gasteiger partial charge in [0.05, 0.1) is 17.6 Å². The van der Waals surface area contributed by atoms with Crippen molar-refractivity contribution in [2.45, 2.75) is 39.7 Å². The van der Waals surface area contributed by atoms with Gasteiger partial charge in [-0.1, -0.05) is 6.92 Å². The van der Waals surface area contributed by atoms with Crippen molar-refractivity contribution in [3.63, 3.8) is 0 Å². The average molecular weight is 313 g/mol. The second-order valence-electron chi connectivity index (χ2n) is 6.16. The summed E-state index contributed by atoms with van der Waals surface area (Å²) in [5.74, 6) is 0.655. The van der Waals surface area contributed by atoms with Crippen LogP contribution in [0.2, 0.25) is 0 Å². The Bertz CT molecular complexity index is 664. The summed E-state index contributed by atoms with van der Waals surface area (Å²) in [5, 5.41) is 4.32. The molecular weight excluding hydrogens is 290 g/mol. The Morgan fingerprint density at radius 1 is 1.35 bits per heavy atom. The predicted molar refractivity (Wildman–Crippen MR) is 87.6 cm³/mol. The Morgan fingerprint density at radius 3 is 2.87 bits per heavy atom. The molecule has 1 fully saturated rings. The summed E-state index contributed by atoms with van der Waals surface area (Å²) in [4.78, 5) is 22.4. The van der Waals surface area contributed by atoms with Crippen molar-refractivity contribution in [1.29, 1.82) is 0 Å². The molecule has 1 atom stereocenters. The highest BCUT2D eigenvalue weighted by Gasteiger charge is 2.24. The molecule has 3 rings (SSSR count). The Labute approximate surface area is 136 Å². The lowest BCUT2D eigenvalue weighted by molar-refractivity contribution is -0.127. The van der Waals surface area contributed by atoms with Crippen molar-refractivity contribution in [2.24, 2.45) is 5.92 Å². The highest BCUT2D eigenvalue weighted by Crippen LogP contribution is 2.21. The van der Waals surface area contributed by atoms with Crippen LogP contribution >= 0.6 is 0 Å². The van der Waals surface area contributed by atoms with Gasteiger partial charge in [0.15, 0.2) is 0 Å². The van der Waals surface area contributed by atoms with Gasteiger partial charge in [-0.05, 0) is 31.2 Å². The van der Waals surface area contributed by atoms with Crippen molar-refractivity contribution in [3.05, 3.63) is 30.4 Å². The van der Waals surface area contributed by atoms with Crippen LogP contribution in [0.5, 0.6) is 0 Å². The van der Waals surface area contributed by atoms with Crippen LogP contribution in [0, 0.1) is 5.92 Å². The standard InChI is InChI=1S/C17H23N5O/c1-3-7-22-17(4-6-20-22)16-11-18-15(10-19-16)9-14-5-8-21(12-14)13(2)23/h4,6,10-11,14H,3,5,7-9,12H2,1-2H3/t14-/m1/s1. The number of hydrogen-bond acceptors (Lipinski definition) is 4. The molecule has 0 unspecified atom stereocenters. The first-order valence-electron chi connectivity index (χ1n) is 8.26. The molecule has 0 spiro atoms. The van der Waals surface area contributed by atoms with Crippen LogP contribution in [0.15, 0.2) is 24.7 Å². The fourth-order valence-electron chi connectivity index (χ4n) is 3.11. The van der Waals surface area contributed by atoms with Crippen molar-refractivity contribution in [3.8, 4) is 11.4 Å². The van der Waals surface area contributed by atoms with E-state index in [2.05, 4.69) is 22.0 Å². The molecule has 0 aliphatic carbocycles. The van der Waals surface area contributed by atoms with Gasteiger partial charge in [0.25, 0.3) is 0 Å². The number of hydrogen-bond donors (Lipinski definition) is 0. The van der Waals surface area contributed by atoms with E-state index in [4.69, 9.17) is 0 Å². The maximum Gasteiger partial charge on any atom is 0.219 e. The number of carbonyl (C=O) groups is 1. The highest BCUT2D eigenvalue weighted by atomic mass is 16.2. The molecule has 0 saturated carbocycles. The number of likely N-dealkylation sites (tertiary alicyclic amines) is 1. The van der Waals surface area contributed by atoms with E-state index in [0.717, 1.165) is 56.0 Å². The van der Waals surface area contributed by atoms with Crippen LogP contribution in [0.25, 0.3) is 11.4 Å². The lowest BCUT2D eigenvalue weighted by atomic mass is 10.0. The van der Waals surface area contributed by atoms with Gasteiger partial charge in [-0.2, -0.15) is 5.10 Å². The normalized spacial score (nSPS) is 17.7. The minimum Gasteiger partial charge on any atom is -0.343 e. The molecule has 1 saturated heterocycles. The molecule has 1 aliphatic heterocycles. The second-order valence-corrected chi connectivity index (χ2v) is 6.16. The van der Waals surface area contributed by atoms with E-state index >= 15 is 0 Å². The zero-order valence-corrected chi connectivity index (χ0v) is 13.8. The summed E-state index contributed by atoms with van der Waals surface area (Å²) in [6.07, 6.45) is 8.45. The predicted octanol–water partition coefficient (Wildman–Crippen LogP) is 2.16. The van der Waals surface area contributed by atoms with Crippen molar-refractivity contribution >= 4 is 5.91 Å². The molecule has 122 valence electrons. The largest absolute Gasteiger partial charge is 0.343 e. The van der Waals surface area contributed by atoms with Crippen LogP contribution < -0.4 is 0 Å². The van der Waals surface area contributed by atoms with Crippen LogP contribution in [-0.4, -0.2) is 43.6 Å². The second kappa shape index (κ2) is 6.89. The van der Waals surface area contributed by atoms with Crippen molar-refractivity contribution in [2.75, 3.05) is 13.1 Å². The molecule has 2 aromatic heterocycles. The van der Waals surface area contributed by atoms with Crippen LogP contribution in [0.1, 0.15) is 32.4 Å². The first kappa shape index (κ1) is 15.6. The first-order valence-corrected chi connectivity index (χ1v) is 8.26. The highest BCUT2D eigenvalue weighted by molar-refractivity contribution is 5.73. The van der Waals surface area contributed by atoms with Crippen LogP contribution in [0.3, 0.4) is 0 Å². The lowest BCUT2D eigenvalue weighted by Crippen LogP contribution is -2.26. The number of aryl methyl sites for hydroxylation is 1. The topological polar surface area (TPSA) is 63.9 Å². The molecule has 1 aliphatic rings. The van der Waals surface area contributed by atoms with Crippen LogP contribution in [0.4, 0.5) is 0 Å². The van der Waals surface area contributed by atoms with E-state index in [1.54, 1.807) is 13.1 Å². The van der Waals surface area contributed by atoms with Gasteiger partial charge in [0.1, 0.15) is 5.69 Å². The average Bonchev–Trinajstić information content (AvgIpc) is 3.18. The number of amides is 1. The number of nitrogens with zero attached hydrogens (tertiary/aromatic N) is 5. The van der Waals surface area contributed by atoms with Crippen molar-refractivity contribution in [1.82, 2.24) is 24.6 Å².